The van der Waals surface area contributed by atoms with Gasteiger partial charge in [0, 0.05) is 10.6 Å². The fourth-order valence-corrected chi connectivity index (χ4v) is 2.40. The molecule has 2 rings (SSSR count). The molecule has 1 heterocycles. The number of aromatic nitrogens is 2. The highest BCUT2D eigenvalue weighted by molar-refractivity contribution is 7.14. The van der Waals surface area contributed by atoms with E-state index >= 15 is 0 Å². The normalized spacial score (nSPS) is 12.7. The zero-order chi connectivity index (χ0) is 12.4. The van der Waals surface area contributed by atoms with Gasteiger partial charge in [-0.1, -0.05) is 22.9 Å². The molecule has 0 saturated heterocycles. The molecule has 0 radical (unpaired) electrons. The van der Waals surface area contributed by atoms with Gasteiger partial charge in [-0.3, -0.25) is 0 Å². The van der Waals surface area contributed by atoms with E-state index in [1.165, 1.54) is 23.5 Å². The van der Waals surface area contributed by atoms with E-state index in [1.54, 1.807) is 6.07 Å². The summed E-state index contributed by atoms with van der Waals surface area (Å²) in [6, 6.07) is 4.51. The summed E-state index contributed by atoms with van der Waals surface area (Å²) >= 11 is 7.20. The number of nitrogens with one attached hydrogen (secondary N) is 1. The van der Waals surface area contributed by atoms with Crippen molar-refractivity contribution in [1.29, 1.82) is 0 Å². The lowest BCUT2D eigenvalue weighted by molar-refractivity contribution is 0.630. The van der Waals surface area contributed by atoms with Crippen molar-refractivity contribution in [3.63, 3.8) is 0 Å². The summed E-state index contributed by atoms with van der Waals surface area (Å²) in [6.45, 7) is 1.97. The van der Waals surface area contributed by atoms with E-state index in [9.17, 15) is 4.39 Å². The van der Waals surface area contributed by atoms with E-state index in [0.717, 1.165) is 5.01 Å². The van der Waals surface area contributed by atoms with Crippen molar-refractivity contribution in [2.45, 2.75) is 13.0 Å². The van der Waals surface area contributed by atoms with Crippen LogP contribution in [-0.4, -0.2) is 17.2 Å². The quantitative estimate of drug-likeness (QED) is 0.931. The molecule has 0 aliphatic rings. The van der Waals surface area contributed by atoms with Crippen LogP contribution >= 0.6 is 22.9 Å². The molecule has 1 unspecified atom stereocenters. The topological polar surface area (TPSA) is 37.8 Å². The van der Waals surface area contributed by atoms with Crippen molar-refractivity contribution in [3.05, 3.63) is 34.0 Å². The second-order valence-electron chi connectivity index (χ2n) is 3.58. The molecule has 0 fully saturated rings. The summed E-state index contributed by atoms with van der Waals surface area (Å²) in [5.74, 6) is -0.339. The molecule has 6 heteroatoms. The van der Waals surface area contributed by atoms with Gasteiger partial charge >= 0.3 is 0 Å². The van der Waals surface area contributed by atoms with Crippen molar-refractivity contribution >= 4 is 22.9 Å². The second-order valence-corrected chi connectivity index (χ2v) is 5.03. The lowest BCUT2D eigenvalue weighted by Gasteiger charge is -2.03. The van der Waals surface area contributed by atoms with Gasteiger partial charge < -0.3 is 5.32 Å². The average Bonchev–Trinajstić information content (AvgIpc) is 2.80. The first-order valence-electron chi connectivity index (χ1n) is 5.08. The number of rotatable bonds is 3. The summed E-state index contributed by atoms with van der Waals surface area (Å²) < 4.78 is 13.6. The second kappa shape index (κ2) is 5.08. The van der Waals surface area contributed by atoms with Crippen LogP contribution in [-0.2, 0) is 0 Å². The molecule has 17 heavy (non-hydrogen) atoms. The molecular formula is C11H11ClFN3S. The van der Waals surface area contributed by atoms with Crippen LogP contribution in [0, 0.1) is 5.82 Å². The molecule has 90 valence electrons. The van der Waals surface area contributed by atoms with Gasteiger partial charge in [-0.2, -0.15) is 0 Å². The molecule has 0 bridgehead atoms. The molecule has 1 atom stereocenters. The van der Waals surface area contributed by atoms with Gasteiger partial charge in [-0.15, -0.1) is 10.2 Å². The maximum atomic E-state index is 13.6. The van der Waals surface area contributed by atoms with Crippen LogP contribution in [0.1, 0.15) is 18.0 Å². The smallest absolute Gasteiger partial charge is 0.150 e. The third-order valence-electron chi connectivity index (χ3n) is 2.40. The lowest BCUT2D eigenvalue weighted by atomic mass is 10.2. The molecule has 0 aliphatic carbocycles. The van der Waals surface area contributed by atoms with E-state index in [4.69, 9.17) is 11.6 Å². The molecule has 0 saturated carbocycles. The molecular weight excluding hydrogens is 261 g/mol. The highest BCUT2D eigenvalue weighted by atomic mass is 35.5. The Morgan fingerprint density at radius 2 is 2.18 bits per heavy atom. The average molecular weight is 272 g/mol. The number of hydrogen-bond acceptors (Lipinski definition) is 4. The van der Waals surface area contributed by atoms with Crippen LogP contribution < -0.4 is 5.32 Å². The minimum absolute atomic E-state index is 0.100. The van der Waals surface area contributed by atoms with Crippen molar-refractivity contribution in [3.8, 4) is 10.6 Å². The summed E-state index contributed by atoms with van der Waals surface area (Å²) in [7, 11) is 1.84. The SMILES string of the molecule is CNC(C)c1nnc(-c2cc(Cl)ccc2F)s1. The van der Waals surface area contributed by atoms with Crippen molar-refractivity contribution < 1.29 is 4.39 Å². The maximum Gasteiger partial charge on any atom is 0.150 e. The van der Waals surface area contributed by atoms with E-state index in [2.05, 4.69) is 15.5 Å². The van der Waals surface area contributed by atoms with Gasteiger partial charge in [0.15, 0.2) is 5.01 Å². The number of nitrogens with zero attached hydrogens (tertiary/aromatic N) is 2. The number of benzene rings is 1. The first-order valence-corrected chi connectivity index (χ1v) is 6.27. The van der Waals surface area contributed by atoms with Crippen LogP contribution in [0.25, 0.3) is 10.6 Å². The van der Waals surface area contributed by atoms with Gasteiger partial charge in [0.05, 0.1) is 6.04 Å². The van der Waals surface area contributed by atoms with Gasteiger partial charge in [0.1, 0.15) is 10.8 Å². The molecule has 0 spiro atoms. The summed E-state index contributed by atoms with van der Waals surface area (Å²) in [5, 5.41) is 12.9. The standard InChI is InChI=1S/C11H11ClFN3S/c1-6(14-2)10-15-16-11(17-10)8-5-7(12)3-4-9(8)13/h3-6,14H,1-2H3. The van der Waals surface area contributed by atoms with E-state index in [0.29, 0.717) is 15.6 Å². The van der Waals surface area contributed by atoms with Crippen LogP contribution in [0.4, 0.5) is 4.39 Å². The third kappa shape index (κ3) is 2.62. The molecule has 0 amide bonds. The van der Waals surface area contributed by atoms with Crippen molar-refractivity contribution in [1.82, 2.24) is 15.5 Å². The maximum absolute atomic E-state index is 13.6. The Hall–Kier alpha value is -1.04. The molecule has 3 nitrogen and oxygen atoms in total. The molecule has 1 aromatic carbocycles. The Balaban J connectivity index is 2.40. The summed E-state index contributed by atoms with van der Waals surface area (Å²) in [4.78, 5) is 0. The first kappa shape index (κ1) is 12.4. The zero-order valence-corrected chi connectivity index (χ0v) is 10.9. The Labute approximate surface area is 108 Å². The van der Waals surface area contributed by atoms with E-state index < -0.39 is 0 Å². The minimum atomic E-state index is -0.339. The Bertz CT molecular complexity index is 529. The first-order chi connectivity index (χ1) is 8.11. The van der Waals surface area contributed by atoms with Gasteiger partial charge in [0.25, 0.3) is 0 Å². The monoisotopic (exact) mass is 271 g/mol. The van der Waals surface area contributed by atoms with Crippen LogP contribution in [0.3, 0.4) is 0 Å². The lowest BCUT2D eigenvalue weighted by Crippen LogP contribution is -2.11. The van der Waals surface area contributed by atoms with E-state index in [1.807, 2.05) is 14.0 Å². The molecule has 0 aliphatic heterocycles. The van der Waals surface area contributed by atoms with Crippen LogP contribution in [0.5, 0.6) is 0 Å². The van der Waals surface area contributed by atoms with Crippen molar-refractivity contribution in [2.24, 2.45) is 0 Å². The predicted molar refractivity (Wildman–Crippen MR) is 67.8 cm³/mol. The number of hydrogen-bond donors (Lipinski definition) is 1. The Morgan fingerprint density at radius 3 is 2.88 bits per heavy atom. The Kier molecular flexibility index (Phi) is 3.71. The van der Waals surface area contributed by atoms with Crippen LogP contribution in [0.2, 0.25) is 5.02 Å². The molecule has 2 aromatic rings. The highest BCUT2D eigenvalue weighted by Gasteiger charge is 2.14. The number of halogens is 2. The highest BCUT2D eigenvalue weighted by Crippen LogP contribution is 2.30. The summed E-state index contributed by atoms with van der Waals surface area (Å²) in [5.41, 5.74) is 0.393. The fourth-order valence-electron chi connectivity index (χ4n) is 1.30. The molecule has 1 aromatic heterocycles. The Morgan fingerprint density at radius 1 is 1.41 bits per heavy atom. The predicted octanol–water partition coefficient (Wildman–Crippen LogP) is 3.28. The van der Waals surface area contributed by atoms with E-state index in [-0.39, 0.29) is 11.9 Å². The minimum Gasteiger partial charge on any atom is -0.311 e. The zero-order valence-electron chi connectivity index (χ0n) is 9.37. The summed E-state index contributed by atoms with van der Waals surface area (Å²) in [6.07, 6.45) is 0. The van der Waals surface area contributed by atoms with Gasteiger partial charge in [-0.05, 0) is 32.2 Å². The third-order valence-corrected chi connectivity index (χ3v) is 3.78. The fraction of sp³-hybridized carbons (Fsp3) is 0.273. The van der Waals surface area contributed by atoms with Crippen molar-refractivity contribution in [2.75, 3.05) is 7.05 Å². The van der Waals surface area contributed by atoms with Crippen LogP contribution in [0.15, 0.2) is 18.2 Å². The van der Waals surface area contributed by atoms with Gasteiger partial charge in [0.2, 0.25) is 0 Å². The molecule has 1 N–H and O–H groups in total. The van der Waals surface area contributed by atoms with Gasteiger partial charge in [-0.25, -0.2) is 4.39 Å². The largest absolute Gasteiger partial charge is 0.311 e.